The molecule has 1 fully saturated rings. The summed E-state index contributed by atoms with van der Waals surface area (Å²) < 4.78 is 54.2. The SMILES string of the molecule is CC(C)(C)OC(=O)N[C@H]1CO[C@H](C(=O)N2CCc3ccccc3[C@@H]2c2ccc(F)cc2)CC1(F)F. The predicted octanol–water partition coefficient (Wildman–Crippen LogP) is 4.62. The number of hydrogen-bond donors (Lipinski definition) is 1. The zero-order valence-electron chi connectivity index (χ0n) is 19.9. The molecule has 3 atom stereocenters. The van der Waals surface area contributed by atoms with E-state index in [9.17, 15) is 22.8 Å². The van der Waals surface area contributed by atoms with Crippen LogP contribution in [-0.2, 0) is 20.7 Å². The first-order valence-corrected chi connectivity index (χ1v) is 11.6. The third-order valence-electron chi connectivity index (χ3n) is 6.15. The quantitative estimate of drug-likeness (QED) is 0.682. The number of nitrogens with zero attached hydrogens (tertiary/aromatic N) is 1. The molecule has 1 saturated heterocycles. The van der Waals surface area contributed by atoms with Crippen LogP contribution in [0.3, 0.4) is 0 Å². The number of ether oxygens (including phenoxy) is 2. The van der Waals surface area contributed by atoms with Gasteiger partial charge in [-0.05, 0) is 56.0 Å². The van der Waals surface area contributed by atoms with Crippen LogP contribution in [0, 0.1) is 5.82 Å². The molecule has 4 rings (SSSR count). The van der Waals surface area contributed by atoms with Gasteiger partial charge in [0.2, 0.25) is 0 Å². The highest BCUT2D eigenvalue weighted by atomic mass is 19.3. The van der Waals surface area contributed by atoms with E-state index in [0.29, 0.717) is 18.5 Å². The molecular formula is C26H29F3N2O4. The highest BCUT2D eigenvalue weighted by Crippen LogP contribution is 2.38. The molecule has 188 valence electrons. The molecule has 2 amide bonds. The number of amides is 2. The van der Waals surface area contributed by atoms with Crippen molar-refractivity contribution in [1.29, 1.82) is 0 Å². The number of halogens is 3. The molecule has 2 aliphatic rings. The lowest BCUT2D eigenvalue weighted by Gasteiger charge is -2.42. The van der Waals surface area contributed by atoms with E-state index in [0.717, 1.165) is 11.1 Å². The Morgan fingerprint density at radius 2 is 1.80 bits per heavy atom. The second kappa shape index (κ2) is 9.53. The maximum absolute atomic E-state index is 15.0. The molecule has 0 saturated carbocycles. The van der Waals surface area contributed by atoms with Crippen LogP contribution in [0.4, 0.5) is 18.0 Å². The number of hydrogen-bond acceptors (Lipinski definition) is 4. The minimum atomic E-state index is -3.38. The van der Waals surface area contributed by atoms with E-state index >= 15 is 0 Å². The highest BCUT2D eigenvalue weighted by molar-refractivity contribution is 5.82. The summed E-state index contributed by atoms with van der Waals surface area (Å²) in [5, 5.41) is 2.16. The Morgan fingerprint density at radius 3 is 2.46 bits per heavy atom. The van der Waals surface area contributed by atoms with Gasteiger partial charge >= 0.3 is 6.09 Å². The summed E-state index contributed by atoms with van der Waals surface area (Å²) in [7, 11) is 0. The Bertz CT molecular complexity index is 1080. The Balaban J connectivity index is 1.53. The average Bonchev–Trinajstić information content (AvgIpc) is 2.78. The van der Waals surface area contributed by atoms with E-state index in [-0.39, 0.29) is 0 Å². The molecular weight excluding hydrogens is 461 g/mol. The summed E-state index contributed by atoms with van der Waals surface area (Å²) in [6.07, 6.45) is -2.67. The van der Waals surface area contributed by atoms with Crippen molar-refractivity contribution in [3.8, 4) is 0 Å². The molecule has 2 aromatic carbocycles. The predicted molar refractivity (Wildman–Crippen MR) is 123 cm³/mol. The van der Waals surface area contributed by atoms with Crippen LogP contribution in [0.15, 0.2) is 48.5 Å². The molecule has 6 nitrogen and oxygen atoms in total. The van der Waals surface area contributed by atoms with Gasteiger partial charge in [0.1, 0.15) is 23.6 Å². The number of fused-ring (bicyclic) bond motifs is 1. The molecule has 1 N–H and O–H groups in total. The molecule has 2 heterocycles. The number of alkyl carbamates (subject to hydrolysis) is 1. The zero-order chi connectivity index (χ0) is 25.4. The molecule has 0 radical (unpaired) electrons. The molecule has 0 bridgehead atoms. The van der Waals surface area contributed by atoms with Crippen molar-refractivity contribution in [2.24, 2.45) is 0 Å². The van der Waals surface area contributed by atoms with E-state index in [4.69, 9.17) is 9.47 Å². The van der Waals surface area contributed by atoms with Crippen molar-refractivity contribution >= 4 is 12.0 Å². The van der Waals surface area contributed by atoms with Gasteiger partial charge < -0.3 is 19.7 Å². The molecule has 0 aliphatic carbocycles. The summed E-state index contributed by atoms with van der Waals surface area (Å²) in [5.41, 5.74) is 1.75. The molecule has 0 spiro atoms. The zero-order valence-corrected chi connectivity index (χ0v) is 19.9. The van der Waals surface area contributed by atoms with Crippen molar-refractivity contribution in [3.63, 3.8) is 0 Å². The topological polar surface area (TPSA) is 67.9 Å². The van der Waals surface area contributed by atoms with E-state index in [1.165, 1.54) is 17.0 Å². The van der Waals surface area contributed by atoms with Crippen LogP contribution in [0.5, 0.6) is 0 Å². The molecule has 0 aromatic heterocycles. The highest BCUT2D eigenvalue weighted by Gasteiger charge is 2.50. The van der Waals surface area contributed by atoms with Crippen LogP contribution < -0.4 is 5.32 Å². The number of rotatable bonds is 3. The number of carbonyl (C=O) groups is 2. The van der Waals surface area contributed by atoms with Crippen LogP contribution in [0.2, 0.25) is 0 Å². The van der Waals surface area contributed by atoms with Crippen molar-refractivity contribution in [3.05, 3.63) is 71.0 Å². The molecule has 2 aliphatic heterocycles. The fourth-order valence-electron chi connectivity index (χ4n) is 4.53. The number of carbonyl (C=O) groups excluding carboxylic acids is 2. The normalized spacial score (nSPS) is 23.8. The summed E-state index contributed by atoms with van der Waals surface area (Å²) in [4.78, 5) is 27.0. The van der Waals surface area contributed by atoms with Crippen molar-refractivity contribution in [2.45, 2.75) is 63.3 Å². The summed E-state index contributed by atoms with van der Waals surface area (Å²) in [6, 6.07) is 11.3. The molecule has 35 heavy (non-hydrogen) atoms. The number of nitrogens with one attached hydrogen (secondary N) is 1. The molecule has 9 heteroatoms. The third kappa shape index (κ3) is 5.61. The van der Waals surface area contributed by atoms with Crippen molar-refractivity contribution in [2.75, 3.05) is 13.2 Å². The van der Waals surface area contributed by atoms with Gasteiger partial charge in [-0.25, -0.2) is 18.0 Å². The van der Waals surface area contributed by atoms with Gasteiger partial charge in [-0.1, -0.05) is 36.4 Å². The standard InChI is InChI=1S/C26H29F3N2O4/c1-25(2,3)35-24(33)30-21-15-34-20(14-26(21,28)29)23(32)31-13-12-16-6-4-5-7-19(16)22(31)17-8-10-18(27)11-9-17/h4-11,20-22H,12-15H2,1-3H3,(H,30,33)/t20-,21-,22-/m0/s1. The Kier molecular flexibility index (Phi) is 6.81. The lowest BCUT2D eigenvalue weighted by atomic mass is 9.87. The maximum atomic E-state index is 15.0. The van der Waals surface area contributed by atoms with Gasteiger partial charge in [0.05, 0.1) is 12.6 Å². The Morgan fingerprint density at radius 1 is 1.11 bits per heavy atom. The van der Waals surface area contributed by atoms with Crippen LogP contribution >= 0.6 is 0 Å². The lowest BCUT2D eigenvalue weighted by molar-refractivity contribution is -0.176. The lowest BCUT2D eigenvalue weighted by Crippen LogP contribution is -2.59. The maximum Gasteiger partial charge on any atom is 0.408 e. The third-order valence-corrected chi connectivity index (χ3v) is 6.15. The van der Waals surface area contributed by atoms with E-state index in [2.05, 4.69) is 5.32 Å². The van der Waals surface area contributed by atoms with Gasteiger partial charge in [-0.3, -0.25) is 4.79 Å². The first-order chi connectivity index (χ1) is 16.4. The van der Waals surface area contributed by atoms with Crippen LogP contribution in [0.1, 0.15) is 49.9 Å². The smallest absolute Gasteiger partial charge is 0.408 e. The first-order valence-electron chi connectivity index (χ1n) is 11.6. The fraction of sp³-hybridized carbons (Fsp3) is 0.462. The van der Waals surface area contributed by atoms with E-state index < -0.39 is 60.6 Å². The number of benzene rings is 2. The van der Waals surface area contributed by atoms with E-state index in [1.807, 2.05) is 24.3 Å². The average molecular weight is 491 g/mol. The van der Waals surface area contributed by atoms with Crippen molar-refractivity contribution in [1.82, 2.24) is 10.2 Å². The summed E-state index contributed by atoms with van der Waals surface area (Å²) in [5.74, 6) is -4.35. The number of alkyl halides is 2. The molecule has 2 aromatic rings. The summed E-state index contributed by atoms with van der Waals surface area (Å²) in [6.45, 7) is 4.67. The fourth-order valence-corrected chi connectivity index (χ4v) is 4.53. The second-order valence-corrected chi connectivity index (χ2v) is 9.92. The Hall–Kier alpha value is -3.07. The Labute approximate surface area is 202 Å². The van der Waals surface area contributed by atoms with Crippen molar-refractivity contribution < 1.29 is 32.2 Å². The van der Waals surface area contributed by atoms with Gasteiger partial charge in [0, 0.05) is 13.0 Å². The monoisotopic (exact) mass is 490 g/mol. The van der Waals surface area contributed by atoms with Gasteiger partial charge in [-0.15, -0.1) is 0 Å². The second-order valence-electron chi connectivity index (χ2n) is 9.92. The first kappa shape index (κ1) is 25.0. The van der Waals surface area contributed by atoms with Gasteiger partial charge in [0.15, 0.2) is 0 Å². The largest absolute Gasteiger partial charge is 0.444 e. The van der Waals surface area contributed by atoms with Crippen LogP contribution in [-0.4, -0.2) is 53.7 Å². The van der Waals surface area contributed by atoms with Crippen LogP contribution in [0.25, 0.3) is 0 Å². The molecule has 0 unspecified atom stereocenters. The summed E-state index contributed by atoms with van der Waals surface area (Å²) >= 11 is 0. The minimum absolute atomic E-state index is 0.308. The van der Waals surface area contributed by atoms with E-state index in [1.54, 1.807) is 32.9 Å². The van der Waals surface area contributed by atoms with Gasteiger partial charge in [0.25, 0.3) is 11.8 Å². The minimum Gasteiger partial charge on any atom is -0.444 e. The van der Waals surface area contributed by atoms with Gasteiger partial charge in [-0.2, -0.15) is 0 Å².